The van der Waals surface area contributed by atoms with E-state index >= 15 is 0 Å². The summed E-state index contributed by atoms with van der Waals surface area (Å²) in [5, 5.41) is 16.3. The second-order valence-electron chi connectivity index (χ2n) is 7.28. The number of nitrogens with zero attached hydrogens (tertiary/aromatic N) is 2. The summed E-state index contributed by atoms with van der Waals surface area (Å²) in [5.41, 5.74) is 2.50. The Labute approximate surface area is 203 Å². The molecule has 2 heterocycles. The second-order valence-corrected chi connectivity index (χ2v) is 9.31. The van der Waals surface area contributed by atoms with Crippen molar-refractivity contribution in [3.8, 4) is 21.1 Å². The van der Waals surface area contributed by atoms with Gasteiger partial charge in [0.25, 0.3) is 11.6 Å². The molecule has 0 unspecified atom stereocenters. The molecule has 0 spiro atoms. The van der Waals surface area contributed by atoms with E-state index in [1.54, 1.807) is 13.0 Å². The van der Waals surface area contributed by atoms with Crippen molar-refractivity contribution < 1.29 is 19.2 Å². The number of thiazole rings is 1. The molecule has 1 amide bonds. The number of nitro groups is 1. The first-order chi connectivity index (χ1) is 16.4. The van der Waals surface area contributed by atoms with E-state index in [4.69, 9.17) is 9.72 Å². The van der Waals surface area contributed by atoms with Crippen LogP contribution in [0.15, 0.2) is 66.0 Å². The van der Waals surface area contributed by atoms with Gasteiger partial charge in [0, 0.05) is 22.6 Å². The number of esters is 1. The Morgan fingerprint density at radius 1 is 1.12 bits per heavy atom. The van der Waals surface area contributed by atoms with Crippen LogP contribution in [0.5, 0.6) is 0 Å². The number of carbonyl (C=O) groups is 2. The number of aryl methyl sites for hydroxylation is 1. The lowest BCUT2D eigenvalue weighted by molar-refractivity contribution is -0.384. The van der Waals surface area contributed by atoms with Gasteiger partial charge in [0.05, 0.1) is 27.6 Å². The van der Waals surface area contributed by atoms with Crippen LogP contribution in [0.2, 0.25) is 0 Å². The molecule has 1 N–H and O–H groups in total. The van der Waals surface area contributed by atoms with Crippen LogP contribution in [0, 0.1) is 17.0 Å². The van der Waals surface area contributed by atoms with Gasteiger partial charge in [-0.25, -0.2) is 4.98 Å². The molecule has 10 heteroatoms. The third kappa shape index (κ3) is 5.53. The average Bonchev–Trinajstić information content (AvgIpc) is 3.50. The van der Waals surface area contributed by atoms with Crippen molar-refractivity contribution in [3.63, 3.8) is 0 Å². The summed E-state index contributed by atoms with van der Waals surface area (Å²) in [4.78, 5) is 41.7. The molecule has 0 aliphatic rings. The minimum atomic E-state index is -0.579. The first-order valence-corrected chi connectivity index (χ1v) is 11.9. The molecule has 34 heavy (non-hydrogen) atoms. The van der Waals surface area contributed by atoms with E-state index in [0.29, 0.717) is 11.3 Å². The molecule has 172 valence electrons. The van der Waals surface area contributed by atoms with Crippen LogP contribution >= 0.6 is 22.7 Å². The van der Waals surface area contributed by atoms with Gasteiger partial charge in [-0.1, -0.05) is 42.5 Å². The number of thiophene rings is 1. The summed E-state index contributed by atoms with van der Waals surface area (Å²) in [6, 6.07) is 17.7. The van der Waals surface area contributed by atoms with Crippen LogP contribution in [0.25, 0.3) is 21.1 Å². The molecule has 4 aromatic rings. The fourth-order valence-corrected chi connectivity index (χ4v) is 5.03. The van der Waals surface area contributed by atoms with Gasteiger partial charge < -0.3 is 10.1 Å². The highest BCUT2D eigenvalue weighted by Gasteiger charge is 2.19. The third-order valence-electron chi connectivity index (χ3n) is 4.85. The van der Waals surface area contributed by atoms with Gasteiger partial charge >= 0.3 is 5.97 Å². The molecule has 0 atom stereocenters. The van der Waals surface area contributed by atoms with E-state index in [9.17, 15) is 19.7 Å². The van der Waals surface area contributed by atoms with E-state index in [1.807, 2.05) is 47.8 Å². The topological polar surface area (TPSA) is 111 Å². The Morgan fingerprint density at radius 3 is 2.62 bits per heavy atom. The quantitative estimate of drug-likeness (QED) is 0.198. The van der Waals surface area contributed by atoms with E-state index in [-0.39, 0.29) is 12.1 Å². The van der Waals surface area contributed by atoms with Crippen molar-refractivity contribution in [2.45, 2.75) is 13.3 Å². The lowest BCUT2D eigenvalue weighted by atomic mass is 10.2. The Morgan fingerprint density at radius 2 is 1.91 bits per heavy atom. The number of nitro benzene ring substituents is 1. The maximum Gasteiger partial charge on any atom is 0.311 e. The zero-order chi connectivity index (χ0) is 24.1. The molecular formula is C24H19N3O5S2. The van der Waals surface area contributed by atoms with Gasteiger partial charge in [-0.2, -0.15) is 0 Å². The number of carbonyl (C=O) groups excluding carboxylic acids is 2. The molecule has 4 rings (SSSR count). The summed E-state index contributed by atoms with van der Waals surface area (Å²) in [7, 11) is 0. The largest absolute Gasteiger partial charge is 0.455 e. The van der Waals surface area contributed by atoms with Gasteiger partial charge in [-0.05, 0) is 23.9 Å². The molecule has 0 saturated heterocycles. The SMILES string of the molecule is Cc1ccc([N+](=O)[O-])cc1NC(=O)COC(=O)Cc1sc(-c2ccccc2)nc1-c1cccs1. The number of ether oxygens (including phenoxy) is 1. The molecule has 0 saturated carbocycles. The summed E-state index contributed by atoms with van der Waals surface area (Å²) in [6.07, 6.45) is -0.0269. The van der Waals surface area contributed by atoms with Crippen molar-refractivity contribution in [1.82, 2.24) is 4.98 Å². The summed E-state index contributed by atoms with van der Waals surface area (Å²) < 4.78 is 5.18. The van der Waals surface area contributed by atoms with Crippen molar-refractivity contribution in [2.24, 2.45) is 0 Å². The number of non-ortho nitro benzene ring substituents is 1. The van der Waals surface area contributed by atoms with Crippen LogP contribution in [0.1, 0.15) is 10.4 Å². The highest BCUT2D eigenvalue weighted by molar-refractivity contribution is 7.17. The highest BCUT2D eigenvalue weighted by Crippen LogP contribution is 2.36. The van der Waals surface area contributed by atoms with Crippen molar-refractivity contribution in [2.75, 3.05) is 11.9 Å². The zero-order valence-electron chi connectivity index (χ0n) is 18.0. The second kappa shape index (κ2) is 10.4. The lowest BCUT2D eigenvalue weighted by Crippen LogP contribution is -2.22. The van der Waals surface area contributed by atoms with Crippen LogP contribution < -0.4 is 5.32 Å². The van der Waals surface area contributed by atoms with Gasteiger partial charge in [0.2, 0.25) is 0 Å². The average molecular weight is 494 g/mol. The first-order valence-electron chi connectivity index (χ1n) is 10.2. The van der Waals surface area contributed by atoms with Crippen molar-refractivity contribution in [3.05, 3.63) is 86.6 Å². The predicted molar refractivity (Wildman–Crippen MR) is 132 cm³/mol. The molecule has 0 aliphatic heterocycles. The molecule has 0 aliphatic carbocycles. The molecule has 0 bridgehead atoms. The van der Waals surface area contributed by atoms with Gasteiger partial charge in [0.1, 0.15) is 5.01 Å². The number of rotatable bonds is 8. The van der Waals surface area contributed by atoms with Gasteiger partial charge in [-0.15, -0.1) is 22.7 Å². The Hall–Kier alpha value is -3.89. The van der Waals surface area contributed by atoms with E-state index in [0.717, 1.165) is 26.0 Å². The maximum absolute atomic E-state index is 12.5. The van der Waals surface area contributed by atoms with Crippen molar-refractivity contribution >= 4 is 45.9 Å². The van der Waals surface area contributed by atoms with Crippen LogP contribution in [-0.2, 0) is 20.7 Å². The molecule has 2 aromatic heterocycles. The normalized spacial score (nSPS) is 10.6. The predicted octanol–water partition coefficient (Wildman–Crippen LogP) is 5.48. The zero-order valence-corrected chi connectivity index (χ0v) is 19.7. The van der Waals surface area contributed by atoms with Crippen LogP contribution in [-0.4, -0.2) is 28.4 Å². The highest BCUT2D eigenvalue weighted by atomic mass is 32.1. The summed E-state index contributed by atoms with van der Waals surface area (Å²) >= 11 is 2.94. The molecule has 2 aromatic carbocycles. The van der Waals surface area contributed by atoms with Crippen LogP contribution in [0.3, 0.4) is 0 Å². The fourth-order valence-electron chi connectivity index (χ4n) is 3.15. The minimum Gasteiger partial charge on any atom is -0.455 e. The first kappa shape index (κ1) is 23.3. The summed E-state index contributed by atoms with van der Waals surface area (Å²) in [6.45, 7) is 1.21. The van der Waals surface area contributed by atoms with Crippen LogP contribution in [0.4, 0.5) is 11.4 Å². The van der Waals surface area contributed by atoms with Crippen molar-refractivity contribution in [1.29, 1.82) is 0 Å². The Kier molecular flexibility index (Phi) is 7.09. The number of benzene rings is 2. The molecule has 0 radical (unpaired) electrons. The molecular weight excluding hydrogens is 474 g/mol. The number of hydrogen-bond acceptors (Lipinski definition) is 8. The number of hydrogen-bond donors (Lipinski definition) is 1. The molecule has 0 fully saturated rings. The third-order valence-corrected chi connectivity index (χ3v) is 6.83. The number of anilines is 1. The number of aromatic nitrogens is 1. The standard InChI is InChI=1S/C24H19N3O5S2/c1-15-9-10-17(27(30)31)12-18(15)25-21(28)14-32-22(29)13-20-23(19-8-5-11-33-19)26-24(34-20)16-6-3-2-4-7-16/h2-12H,13-14H2,1H3,(H,25,28). The van der Waals surface area contributed by atoms with Gasteiger partial charge in [0.15, 0.2) is 6.61 Å². The number of amides is 1. The van der Waals surface area contributed by atoms with Gasteiger partial charge in [-0.3, -0.25) is 19.7 Å². The Balaban J connectivity index is 1.43. The van der Waals surface area contributed by atoms with E-state index in [2.05, 4.69) is 5.32 Å². The summed E-state index contributed by atoms with van der Waals surface area (Å²) in [5.74, 6) is -1.14. The van der Waals surface area contributed by atoms with E-state index < -0.39 is 23.4 Å². The van der Waals surface area contributed by atoms with E-state index in [1.165, 1.54) is 34.8 Å². The monoisotopic (exact) mass is 493 g/mol. The lowest BCUT2D eigenvalue weighted by Gasteiger charge is -2.09. The Bertz CT molecular complexity index is 1330. The smallest absolute Gasteiger partial charge is 0.311 e. The number of nitrogens with one attached hydrogen (secondary N) is 1. The maximum atomic E-state index is 12.5. The molecule has 8 nitrogen and oxygen atoms in total. The fraction of sp³-hybridized carbons (Fsp3) is 0.125. The minimum absolute atomic E-state index is 0.0269.